The second-order valence-corrected chi connectivity index (χ2v) is 4.94. The number of rotatable bonds is 6. The second-order valence-electron chi connectivity index (χ2n) is 4.94. The van der Waals surface area contributed by atoms with E-state index in [1.165, 1.54) is 11.1 Å². The molecule has 0 aromatic rings. The van der Waals surface area contributed by atoms with Crippen LogP contribution in [0.5, 0.6) is 0 Å². The molecule has 94 valence electrons. The lowest BCUT2D eigenvalue weighted by atomic mass is 9.78. The lowest BCUT2D eigenvalue weighted by Gasteiger charge is -2.27. The molecule has 0 spiro atoms. The van der Waals surface area contributed by atoms with Crippen LogP contribution in [0.2, 0.25) is 0 Å². The van der Waals surface area contributed by atoms with Gasteiger partial charge in [-0.1, -0.05) is 56.4 Å². The molecular formula is C17H26. The summed E-state index contributed by atoms with van der Waals surface area (Å²) in [4.78, 5) is 0. The van der Waals surface area contributed by atoms with E-state index in [-0.39, 0.29) is 5.41 Å². The van der Waals surface area contributed by atoms with Crippen molar-refractivity contribution in [2.45, 2.75) is 41.0 Å². The summed E-state index contributed by atoms with van der Waals surface area (Å²) in [6.45, 7) is 18.7. The summed E-state index contributed by atoms with van der Waals surface area (Å²) >= 11 is 0. The van der Waals surface area contributed by atoms with E-state index in [0.29, 0.717) is 0 Å². The number of hydrogen-bond acceptors (Lipinski definition) is 0. The van der Waals surface area contributed by atoms with Gasteiger partial charge in [0.05, 0.1) is 0 Å². The molecule has 0 rings (SSSR count). The maximum atomic E-state index is 4.14. The third-order valence-corrected chi connectivity index (χ3v) is 3.12. The van der Waals surface area contributed by atoms with Crippen LogP contribution in [0.15, 0.2) is 60.3 Å². The van der Waals surface area contributed by atoms with E-state index in [4.69, 9.17) is 0 Å². The van der Waals surface area contributed by atoms with E-state index in [1.807, 2.05) is 26.0 Å². The van der Waals surface area contributed by atoms with Crippen molar-refractivity contribution in [2.24, 2.45) is 5.41 Å². The average Bonchev–Trinajstić information content (AvgIpc) is 2.25. The Morgan fingerprint density at radius 2 is 1.65 bits per heavy atom. The highest BCUT2D eigenvalue weighted by Crippen LogP contribution is 2.35. The predicted octanol–water partition coefficient (Wildman–Crippen LogP) is 5.61. The predicted molar refractivity (Wildman–Crippen MR) is 80.1 cm³/mol. The van der Waals surface area contributed by atoms with Crippen molar-refractivity contribution < 1.29 is 0 Å². The van der Waals surface area contributed by atoms with Crippen LogP contribution in [0.25, 0.3) is 0 Å². The highest BCUT2D eigenvalue weighted by atomic mass is 14.3. The fraction of sp³-hybridized carbons (Fsp3) is 0.412. The minimum Gasteiger partial charge on any atom is -0.103 e. The van der Waals surface area contributed by atoms with Crippen LogP contribution in [0.3, 0.4) is 0 Å². The largest absolute Gasteiger partial charge is 0.103 e. The molecule has 0 saturated carbocycles. The Morgan fingerprint density at radius 1 is 1.12 bits per heavy atom. The van der Waals surface area contributed by atoms with E-state index < -0.39 is 0 Å². The molecule has 0 N–H and O–H groups in total. The molecule has 0 nitrogen and oxygen atoms in total. The van der Waals surface area contributed by atoms with Crippen molar-refractivity contribution in [3.8, 4) is 0 Å². The van der Waals surface area contributed by atoms with Gasteiger partial charge in [0.15, 0.2) is 0 Å². The molecular weight excluding hydrogens is 204 g/mol. The first-order valence-corrected chi connectivity index (χ1v) is 6.17. The normalized spacial score (nSPS) is 14.2. The van der Waals surface area contributed by atoms with Gasteiger partial charge in [-0.25, -0.2) is 0 Å². The topological polar surface area (TPSA) is 0 Å². The molecule has 0 aliphatic carbocycles. The van der Waals surface area contributed by atoms with E-state index in [0.717, 1.165) is 12.0 Å². The van der Waals surface area contributed by atoms with Crippen LogP contribution < -0.4 is 0 Å². The first kappa shape index (κ1) is 15.7. The van der Waals surface area contributed by atoms with Gasteiger partial charge in [-0.05, 0) is 43.8 Å². The lowest BCUT2D eigenvalue weighted by Crippen LogP contribution is -2.13. The molecule has 0 heterocycles. The van der Waals surface area contributed by atoms with Crippen molar-refractivity contribution >= 4 is 0 Å². The smallest absolute Gasteiger partial charge is 0.0104 e. The van der Waals surface area contributed by atoms with E-state index >= 15 is 0 Å². The van der Waals surface area contributed by atoms with E-state index in [1.54, 1.807) is 0 Å². The van der Waals surface area contributed by atoms with Crippen molar-refractivity contribution in [1.29, 1.82) is 0 Å². The fourth-order valence-corrected chi connectivity index (χ4v) is 1.81. The standard InChI is InChI=1S/C17H26/c1-8-11-14(4)16(12-9-2)15(5)17(6,7)13-10-3/h8-12H,3-4,13H2,1-2,5-7H3/b11-8-,12-9-,16-15-. The Hall–Kier alpha value is -1.30. The third-order valence-electron chi connectivity index (χ3n) is 3.12. The van der Waals surface area contributed by atoms with Gasteiger partial charge >= 0.3 is 0 Å². The number of hydrogen-bond donors (Lipinski definition) is 0. The molecule has 0 bridgehead atoms. The van der Waals surface area contributed by atoms with Crippen molar-refractivity contribution in [1.82, 2.24) is 0 Å². The van der Waals surface area contributed by atoms with Crippen molar-refractivity contribution in [3.63, 3.8) is 0 Å². The van der Waals surface area contributed by atoms with Gasteiger partial charge in [-0.15, -0.1) is 6.58 Å². The Kier molecular flexibility index (Phi) is 6.57. The Morgan fingerprint density at radius 3 is 2.06 bits per heavy atom. The molecule has 0 atom stereocenters. The molecule has 0 aliphatic rings. The molecule has 0 fully saturated rings. The Balaban J connectivity index is 5.54. The lowest BCUT2D eigenvalue weighted by molar-refractivity contribution is 0.451. The summed E-state index contributed by atoms with van der Waals surface area (Å²) in [5.41, 5.74) is 3.79. The van der Waals surface area contributed by atoms with Gasteiger partial charge < -0.3 is 0 Å². The maximum Gasteiger partial charge on any atom is -0.0104 e. The van der Waals surface area contributed by atoms with Crippen LogP contribution in [0.4, 0.5) is 0 Å². The van der Waals surface area contributed by atoms with Gasteiger partial charge in [0, 0.05) is 0 Å². The van der Waals surface area contributed by atoms with Gasteiger partial charge in [0.25, 0.3) is 0 Å². The third kappa shape index (κ3) is 4.60. The summed E-state index contributed by atoms with van der Waals surface area (Å²) in [5, 5.41) is 0. The molecule has 0 aromatic carbocycles. The van der Waals surface area contributed by atoms with E-state index in [2.05, 4.69) is 52.2 Å². The fourth-order valence-electron chi connectivity index (χ4n) is 1.81. The first-order valence-electron chi connectivity index (χ1n) is 6.17. The van der Waals surface area contributed by atoms with Gasteiger partial charge in [-0.2, -0.15) is 0 Å². The zero-order valence-electron chi connectivity index (χ0n) is 12.0. The molecule has 0 aliphatic heterocycles. The SMILES string of the molecule is C=CCC(C)(C)/C(C)=C(/C=C\C)C(=C)/C=C\C. The van der Waals surface area contributed by atoms with Gasteiger partial charge in [-0.3, -0.25) is 0 Å². The molecule has 0 amide bonds. The first-order chi connectivity index (χ1) is 7.90. The molecule has 0 aromatic heterocycles. The molecule has 0 unspecified atom stereocenters. The van der Waals surface area contributed by atoms with Crippen LogP contribution >= 0.6 is 0 Å². The van der Waals surface area contributed by atoms with E-state index in [9.17, 15) is 0 Å². The van der Waals surface area contributed by atoms with Crippen LogP contribution in [-0.2, 0) is 0 Å². The van der Waals surface area contributed by atoms with Crippen LogP contribution in [-0.4, -0.2) is 0 Å². The molecule has 0 saturated heterocycles. The molecule has 17 heavy (non-hydrogen) atoms. The summed E-state index contributed by atoms with van der Waals surface area (Å²) in [5.74, 6) is 0. The molecule has 0 radical (unpaired) electrons. The minimum atomic E-state index is 0.126. The quantitative estimate of drug-likeness (QED) is 0.411. The molecule has 0 heteroatoms. The maximum absolute atomic E-state index is 4.14. The average molecular weight is 230 g/mol. The minimum absolute atomic E-state index is 0.126. The van der Waals surface area contributed by atoms with Crippen LogP contribution in [0, 0.1) is 5.41 Å². The highest BCUT2D eigenvalue weighted by Gasteiger charge is 2.21. The van der Waals surface area contributed by atoms with Crippen molar-refractivity contribution in [2.75, 3.05) is 0 Å². The Bertz CT molecular complexity index is 359. The Labute approximate surface area is 107 Å². The summed E-state index contributed by atoms with van der Waals surface area (Å²) in [7, 11) is 0. The summed E-state index contributed by atoms with van der Waals surface area (Å²) in [6, 6.07) is 0. The zero-order valence-corrected chi connectivity index (χ0v) is 12.0. The zero-order chi connectivity index (χ0) is 13.5. The monoisotopic (exact) mass is 230 g/mol. The van der Waals surface area contributed by atoms with Crippen LogP contribution in [0.1, 0.15) is 41.0 Å². The van der Waals surface area contributed by atoms with Crippen molar-refractivity contribution in [3.05, 3.63) is 60.3 Å². The van der Waals surface area contributed by atoms with Gasteiger partial charge in [0.1, 0.15) is 0 Å². The highest BCUT2D eigenvalue weighted by molar-refractivity contribution is 5.48. The number of allylic oxidation sites excluding steroid dienone is 8. The van der Waals surface area contributed by atoms with Gasteiger partial charge in [0.2, 0.25) is 0 Å². The summed E-state index contributed by atoms with van der Waals surface area (Å²) in [6.07, 6.45) is 11.3. The second kappa shape index (κ2) is 7.11. The summed E-state index contributed by atoms with van der Waals surface area (Å²) < 4.78 is 0.